The summed E-state index contributed by atoms with van der Waals surface area (Å²) in [6.45, 7) is 4.48. The Labute approximate surface area is 241 Å². The minimum Gasteiger partial charge on any atom is -0.481 e. The number of carbonyl (C=O) groups excluding carboxylic acids is 1. The number of halogens is 4. The van der Waals surface area contributed by atoms with Crippen LogP contribution in [0.3, 0.4) is 0 Å². The number of pyridine rings is 1. The van der Waals surface area contributed by atoms with Crippen LogP contribution >= 0.6 is 0 Å². The highest BCUT2D eigenvalue weighted by molar-refractivity contribution is 6.04. The molecule has 5 rings (SSSR count). The molecule has 1 amide bonds. The van der Waals surface area contributed by atoms with Crippen LogP contribution in [0.5, 0.6) is 0 Å². The summed E-state index contributed by atoms with van der Waals surface area (Å²) in [6.07, 6.45) is 0.0883. The summed E-state index contributed by atoms with van der Waals surface area (Å²) in [5.74, 6) is -2.42. The van der Waals surface area contributed by atoms with E-state index in [-0.39, 0.29) is 11.4 Å². The Bertz CT molecular complexity index is 1450. The van der Waals surface area contributed by atoms with Crippen molar-refractivity contribution in [3.8, 4) is 11.1 Å². The van der Waals surface area contributed by atoms with Gasteiger partial charge in [-0.1, -0.05) is 12.1 Å². The molecule has 7 nitrogen and oxygen atoms in total. The molecule has 222 valence electrons. The van der Waals surface area contributed by atoms with Crippen molar-refractivity contribution in [1.82, 2.24) is 9.88 Å². The van der Waals surface area contributed by atoms with Crippen LogP contribution in [-0.4, -0.2) is 52.5 Å². The fourth-order valence-electron chi connectivity index (χ4n) is 5.69. The first-order valence-corrected chi connectivity index (χ1v) is 14.0. The summed E-state index contributed by atoms with van der Waals surface area (Å²) >= 11 is 0. The van der Waals surface area contributed by atoms with Gasteiger partial charge in [0.1, 0.15) is 11.6 Å². The number of nitrogens with zero attached hydrogens (tertiary/aromatic N) is 3. The fraction of sp³-hybridized carbons (Fsp3) is 0.387. The zero-order chi connectivity index (χ0) is 30.0. The maximum absolute atomic E-state index is 15.1. The minimum absolute atomic E-state index is 0.164. The van der Waals surface area contributed by atoms with E-state index in [4.69, 9.17) is 0 Å². The number of nitrogens with one attached hydrogen (secondary N) is 1. The normalized spacial score (nSPS) is 18.3. The van der Waals surface area contributed by atoms with Gasteiger partial charge in [-0.05, 0) is 86.7 Å². The van der Waals surface area contributed by atoms with E-state index in [2.05, 4.69) is 22.1 Å². The Hall–Kier alpha value is -3.99. The van der Waals surface area contributed by atoms with Crippen molar-refractivity contribution in [1.29, 1.82) is 0 Å². The SMILES string of the molecule is C[C@@H]1CCCN1Cc1cc(NC(=O)c2ccc(N3CCC(C(=O)O)CC3)cc2F)ncc1-c1ccc(C(F)(F)F)cc1. The van der Waals surface area contributed by atoms with Gasteiger partial charge < -0.3 is 15.3 Å². The summed E-state index contributed by atoms with van der Waals surface area (Å²) in [5, 5.41) is 11.9. The number of rotatable bonds is 7. The van der Waals surface area contributed by atoms with Crippen molar-refractivity contribution in [2.75, 3.05) is 29.9 Å². The highest BCUT2D eigenvalue weighted by atomic mass is 19.4. The number of amides is 1. The number of aliphatic carboxylic acids is 1. The number of carboxylic acid groups (broad SMARTS) is 1. The summed E-state index contributed by atoms with van der Waals surface area (Å²) in [4.78, 5) is 32.8. The molecule has 3 heterocycles. The van der Waals surface area contributed by atoms with Gasteiger partial charge >= 0.3 is 12.1 Å². The van der Waals surface area contributed by atoms with Gasteiger partial charge in [-0.2, -0.15) is 13.2 Å². The van der Waals surface area contributed by atoms with Crippen molar-refractivity contribution >= 4 is 23.4 Å². The zero-order valence-corrected chi connectivity index (χ0v) is 23.1. The Morgan fingerprint density at radius 3 is 2.33 bits per heavy atom. The molecule has 42 heavy (non-hydrogen) atoms. The number of hydrogen-bond donors (Lipinski definition) is 2. The van der Waals surface area contributed by atoms with Crippen LogP contribution in [0.2, 0.25) is 0 Å². The van der Waals surface area contributed by atoms with Crippen LogP contribution in [-0.2, 0) is 17.5 Å². The van der Waals surface area contributed by atoms with Gasteiger partial charge in [-0.15, -0.1) is 0 Å². The van der Waals surface area contributed by atoms with Gasteiger partial charge in [0.15, 0.2) is 0 Å². The lowest BCUT2D eigenvalue weighted by Crippen LogP contribution is -2.36. The highest BCUT2D eigenvalue weighted by Crippen LogP contribution is 2.33. The topological polar surface area (TPSA) is 85.8 Å². The van der Waals surface area contributed by atoms with Gasteiger partial charge in [0.05, 0.1) is 17.0 Å². The molecule has 3 aromatic rings. The second kappa shape index (κ2) is 12.1. The number of aromatic nitrogens is 1. The van der Waals surface area contributed by atoms with E-state index in [1.54, 1.807) is 12.1 Å². The predicted octanol–water partition coefficient (Wildman–Crippen LogP) is 6.44. The summed E-state index contributed by atoms with van der Waals surface area (Å²) in [6, 6.07) is 11.2. The highest BCUT2D eigenvalue weighted by Gasteiger charge is 2.30. The molecule has 0 aliphatic carbocycles. The molecule has 1 aromatic heterocycles. The number of anilines is 2. The van der Waals surface area contributed by atoms with Crippen LogP contribution in [0.25, 0.3) is 11.1 Å². The standard InChI is InChI=1S/C31H32F4N4O3/c1-19-3-2-12-39(19)18-22-15-28(36-17-26(22)20-4-6-23(7-5-20)31(33,34)35)37-29(40)25-9-8-24(16-27(25)32)38-13-10-21(11-14-38)30(41)42/h4-9,15-17,19,21H,2-3,10-14,18H2,1H3,(H,41,42)(H,36,37,40)/t19-/m1/s1. The quantitative estimate of drug-likeness (QED) is 0.311. The number of benzene rings is 2. The second-order valence-electron chi connectivity index (χ2n) is 11.0. The summed E-state index contributed by atoms with van der Waals surface area (Å²) < 4.78 is 54.4. The molecule has 2 aromatic carbocycles. The lowest BCUT2D eigenvalue weighted by molar-refractivity contribution is -0.142. The van der Waals surface area contributed by atoms with Gasteiger partial charge in [-0.3, -0.25) is 14.5 Å². The molecule has 2 fully saturated rings. The van der Waals surface area contributed by atoms with Gasteiger partial charge in [0, 0.05) is 43.1 Å². The largest absolute Gasteiger partial charge is 0.481 e. The third kappa shape index (κ3) is 6.56. The molecule has 0 bridgehead atoms. The lowest BCUT2D eigenvalue weighted by Gasteiger charge is -2.32. The number of alkyl halides is 3. The lowest BCUT2D eigenvalue weighted by atomic mass is 9.96. The number of piperidine rings is 1. The average molecular weight is 585 g/mol. The van der Waals surface area contributed by atoms with Gasteiger partial charge in [-0.25, -0.2) is 9.37 Å². The number of hydrogen-bond acceptors (Lipinski definition) is 5. The average Bonchev–Trinajstić information content (AvgIpc) is 3.36. The van der Waals surface area contributed by atoms with E-state index in [0.717, 1.165) is 37.1 Å². The van der Waals surface area contributed by atoms with Crippen LogP contribution in [0.15, 0.2) is 54.7 Å². The van der Waals surface area contributed by atoms with Crippen molar-refractivity contribution in [3.63, 3.8) is 0 Å². The first-order chi connectivity index (χ1) is 20.0. The fourth-order valence-corrected chi connectivity index (χ4v) is 5.69. The molecule has 2 aliphatic heterocycles. The number of carbonyl (C=O) groups is 2. The maximum Gasteiger partial charge on any atom is 0.416 e. The predicted molar refractivity (Wildman–Crippen MR) is 151 cm³/mol. The maximum atomic E-state index is 15.1. The van der Waals surface area contributed by atoms with Crippen molar-refractivity contribution in [3.05, 3.63) is 77.2 Å². The second-order valence-corrected chi connectivity index (χ2v) is 11.0. The number of likely N-dealkylation sites (tertiary alicyclic amines) is 1. The Morgan fingerprint density at radius 1 is 1.02 bits per heavy atom. The first-order valence-electron chi connectivity index (χ1n) is 14.0. The molecule has 2 aliphatic rings. The third-order valence-electron chi connectivity index (χ3n) is 8.23. The van der Waals surface area contributed by atoms with E-state index in [1.165, 1.54) is 30.5 Å². The molecule has 0 saturated carbocycles. The molecule has 0 unspecified atom stereocenters. The molecular formula is C31H32F4N4O3. The Balaban J connectivity index is 1.35. The van der Waals surface area contributed by atoms with E-state index in [1.807, 2.05) is 4.90 Å². The summed E-state index contributed by atoms with van der Waals surface area (Å²) in [5.41, 5.74) is 1.69. The van der Waals surface area contributed by atoms with E-state index in [0.29, 0.717) is 55.3 Å². The summed E-state index contributed by atoms with van der Waals surface area (Å²) in [7, 11) is 0. The van der Waals surface area contributed by atoms with E-state index in [9.17, 15) is 27.9 Å². The first kappa shape index (κ1) is 29.5. The molecule has 0 spiro atoms. The number of carboxylic acids is 1. The van der Waals surface area contributed by atoms with E-state index >= 15 is 4.39 Å². The van der Waals surface area contributed by atoms with Crippen LogP contribution in [0.4, 0.5) is 29.1 Å². The smallest absolute Gasteiger partial charge is 0.416 e. The van der Waals surface area contributed by atoms with Crippen molar-refractivity contribution < 1.29 is 32.3 Å². The van der Waals surface area contributed by atoms with Crippen molar-refractivity contribution in [2.45, 2.75) is 51.4 Å². The zero-order valence-electron chi connectivity index (χ0n) is 23.1. The Kier molecular flexibility index (Phi) is 8.49. The molecule has 2 N–H and O–H groups in total. The molecule has 0 radical (unpaired) electrons. The molecular weight excluding hydrogens is 552 g/mol. The molecule has 2 saturated heterocycles. The monoisotopic (exact) mass is 584 g/mol. The Morgan fingerprint density at radius 2 is 1.74 bits per heavy atom. The van der Waals surface area contributed by atoms with Crippen LogP contribution in [0.1, 0.15) is 54.1 Å². The van der Waals surface area contributed by atoms with Gasteiger partial charge in [0.2, 0.25) is 0 Å². The van der Waals surface area contributed by atoms with Crippen LogP contribution in [0, 0.1) is 11.7 Å². The van der Waals surface area contributed by atoms with Crippen molar-refractivity contribution in [2.24, 2.45) is 5.92 Å². The molecule has 11 heteroatoms. The molecule has 1 atom stereocenters. The van der Waals surface area contributed by atoms with E-state index < -0.39 is 35.4 Å². The van der Waals surface area contributed by atoms with Gasteiger partial charge in [0.25, 0.3) is 5.91 Å². The third-order valence-corrected chi connectivity index (χ3v) is 8.23. The minimum atomic E-state index is -4.44. The van der Waals surface area contributed by atoms with Crippen LogP contribution < -0.4 is 10.2 Å².